The van der Waals surface area contributed by atoms with E-state index in [-0.39, 0.29) is 30.3 Å². The molecule has 0 saturated carbocycles. The molecule has 1 amide bonds. The van der Waals surface area contributed by atoms with E-state index in [0.29, 0.717) is 18.6 Å². The second kappa shape index (κ2) is 10.5. The zero-order valence-corrected chi connectivity index (χ0v) is 14.1. The van der Waals surface area contributed by atoms with Gasteiger partial charge in [-0.05, 0) is 33.6 Å². The lowest BCUT2D eigenvalue weighted by Crippen LogP contribution is -2.48. The van der Waals surface area contributed by atoms with Gasteiger partial charge in [-0.1, -0.05) is 20.3 Å². The van der Waals surface area contributed by atoms with Crippen molar-refractivity contribution in [3.05, 3.63) is 0 Å². The smallest absolute Gasteiger partial charge is 0.237 e. The van der Waals surface area contributed by atoms with E-state index in [1.54, 1.807) is 0 Å². The highest BCUT2D eigenvalue weighted by Crippen LogP contribution is 2.06. The average molecular weight is 294 g/mol. The summed E-state index contributed by atoms with van der Waals surface area (Å²) in [6.07, 6.45) is 0.929. The molecule has 2 unspecified atom stereocenters. The van der Waals surface area contributed by atoms with Gasteiger partial charge in [-0.25, -0.2) is 0 Å². The molecule has 116 valence electrons. The van der Waals surface area contributed by atoms with E-state index in [2.05, 4.69) is 44.8 Å². The molecule has 0 aliphatic heterocycles. The molecule has 4 nitrogen and oxygen atoms in total. The molecule has 0 radical (unpaired) electrons. The Labute approximate surface area is 124 Å². The Morgan fingerprint density at radius 2 is 1.63 bits per heavy atom. The number of nitrogens with zero attached hydrogens (tertiary/aromatic N) is 1. The number of nitrogens with one attached hydrogen (secondary N) is 1. The number of carbonyl (C=O) groups is 1. The fourth-order valence-electron chi connectivity index (χ4n) is 2.05. The van der Waals surface area contributed by atoms with Gasteiger partial charge in [-0.3, -0.25) is 9.69 Å². The van der Waals surface area contributed by atoms with Gasteiger partial charge in [0.15, 0.2) is 0 Å². The lowest BCUT2D eigenvalue weighted by atomic mass is 9.99. The summed E-state index contributed by atoms with van der Waals surface area (Å²) in [6.45, 7) is 14.3. The fourth-order valence-corrected chi connectivity index (χ4v) is 2.05. The molecule has 5 heteroatoms. The third-order valence-corrected chi connectivity index (χ3v) is 3.56. The van der Waals surface area contributed by atoms with Crippen molar-refractivity contribution >= 4 is 18.3 Å². The highest BCUT2D eigenvalue weighted by molar-refractivity contribution is 5.85. The topological polar surface area (TPSA) is 58.4 Å². The van der Waals surface area contributed by atoms with Crippen LogP contribution in [0.4, 0.5) is 0 Å². The lowest BCUT2D eigenvalue weighted by molar-refractivity contribution is -0.123. The zero-order chi connectivity index (χ0) is 14.3. The minimum absolute atomic E-state index is 0. The molecular formula is C14H32ClN3O. The van der Waals surface area contributed by atoms with Crippen LogP contribution in [0.2, 0.25) is 0 Å². The first-order chi connectivity index (χ1) is 8.31. The summed E-state index contributed by atoms with van der Waals surface area (Å²) in [6, 6.07) is 0.594. The second-order valence-electron chi connectivity index (χ2n) is 5.63. The minimum atomic E-state index is -0.387. The largest absolute Gasteiger partial charge is 0.353 e. The molecule has 0 aliphatic carbocycles. The predicted molar refractivity (Wildman–Crippen MR) is 84.7 cm³/mol. The van der Waals surface area contributed by atoms with Crippen LogP contribution in [0.1, 0.15) is 48.0 Å². The van der Waals surface area contributed by atoms with Gasteiger partial charge >= 0.3 is 0 Å². The second-order valence-corrected chi connectivity index (χ2v) is 5.63. The predicted octanol–water partition coefficient (Wildman–Crippen LogP) is 2.02. The summed E-state index contributed by atoms with van der Waals surface area (Å²) in [5.41, 5.74) is 5.88. The first kappa shape index (κ1) is 21.0. The van der Waals surface area contributed by atoms with Gasteiger partial charge < -0.3 is 11.1 Å². The van der Waals surface area contributed by atoms with E-state index in [4.69, 9.17) is 5.73 Å². The van der Waals surface area contributed by atoms with Crippen LogP contribution in [0.15, 0.2) is 0 Å². The van der Waals surface area contributed by atoms with Crippen LogP contribution in [0.3, 0.4) is 0 Å². The molecule has 0 fully saturated rings. The molecule has 2 atom stereocenters. The van der Waals surface area contributed by atoms with Crippen molar-refractivity contribution in [3.63, 3.8) is 0 Å². The summed E-state index contributed by atoms with van der Waals surface area (Å²) < 4.78 is 0. The summed E-state index contributed by atoms with van der Waals surface area (Å²) in [5, 5.41) is 2.93. The molecule has 19 heavy (non-hydrogen) atoms. The highest BCUT2D eigenvalue weighted by Gasteiger charge is 2.19. The number of hydrogen-bond donors (Lipinski definition) is 2. The number of rotatable bonds is 8. The van der Waals surface area contributed by atoms with Gasteiger partial charge in [0, 0.05) is 25.2 Å². The lowest BCUT2D eigenvalue weighted by Gasteiger charge is -2.30. The monoisotopic (exact) mass is 293 g/mol. The van der Waals surface area contributed by atoms with Crippen LogP contribution < -0.4 is 11.1 Å². The molecule has 0 aromatic rings. The van der Waals surface area contributed by atoms with E-state index in [9.17, 15) is 4.79 Å². The van der Waals surface area contributed by atoms with E-state index >= 15 is 0 Å². The maximum atomic E-state index is 11.8. The Morgan fingerprint density at radius 1 is 1.16 bits per heavy atom. The molecule has 0 aromatic carbocycles. The molecule has 0 bridgehead atoms. The molecule has 0 rings (SSSR count). The first-order valence-electron chi connectivity index (χ1n) is 7.10. The van der Waals surface area contributed by atoms with Crippen LogP contribution in [0, 0.1) is 5.92 Å². The SMILES string of the molecule is CCC(C)C(N)C(=O)NCCN(C(C)C)C(C)C.Cl. The number of amides is 1. The van der Waals surface area contributed by atoms with Crippen molar-refractivity contribution in [2.45, 2.75) is 66.1 Å². The third-order valence-electron chi connectivity index (χ3n) is 3.56. The van der Waals surface area contributed by atoms with Crippen molar-refractivity contribution in [1.29, 1.82) is 0 Å². The van der Waals surface area contributed by atoms with Crippen LogP contribution in [0.25, 0.3) is 0 Å². The fraction of sp³-hybridized carbons (Fsp3) is 0.929. The first-order valence-corrected chi connectivity index (χ1v) is 7.10. The van der Waals surface area contributed by atoms with Crippen molar-refractivity contribution in [3.8, 4) is 0 Å². The van der Waals surface area contributed by atoms with Crippen LogP contribution in [-0.4, -0.2) is 42.0 Å². The molecule has 0 saturated heterocycles. The van der Waals surface area contributed by atoms with E-state index in [1.165, 1.54) is 0 Å². The molecule has 0 aliphatic rings. The van der Waals surface area contributed by atoms with Crippen molar-refractivity contribution in [2.24, 2.45) is 11.7 Å². The number of halogens is 1. The standard InChI is InChI=1S/C14H31N3O.ClH/c1-7-12(6)13(15)14(18)16-8-9-17(10(2)3)11(4)5;/h10-13H,7-9,15H2,1-6H3,(H,16,18);1H. The summed E-state index contributed by atoms with van der Waals surface area (Å²) in [5.74, 6) is 0.202. The third kappa shape index (κ3) is 7.75. The Kier molecular flexibility index (Phi) is 11.6. The van der Waals surface area contributed by atoms with Gasteiger partial charge in [0.25, 0.3) is 0 Å². The van der Waals surface area contributed by atoms with E-state index < -0.39 is 0 Å². The molecule has 0 aromatic heterocycles. The highest BCUT2D eigenvalue weighted by atomic mass is 35.5. The van der Waals surface area contributed by atoms with Crippen molar-refractivity contribution in [1.82, 2.24) is 10.2 Å². The van der Waals surface area contributed by atoms with Crippen LogP contribution >= 0.6 is 12.4 Å². The zero-order valence-electron chi connectivity index (χ0n) is 13.3. The number of hydrogen-bond acceptors (Lipinski definition) is 3. The Hall–Kier alpha value is -0.320. The number of carbonyl (C=O) groups excluding carboxylic acids is 1. The molecule has 0 spiro atoms. The van der Waals surface area contributed by atoms with Gasteiger partial charge in [-0.15, -0.1) is 12.4 Å². The van der Waals surface area contributed by atoms with Gasteiger partial charge in [0.05, 0.1) is 6.04 Å². The van der Waals surface area contributed by atoms with Gasteiger partial charge in [0.1, 0.15) is 0 Å². The van der Waals surface area contributed by atoms with Gasteiger partial charge in [-0.2, -0.15) is 0 Å². The summed E-state index contributed by atoms with van der Waals surface area (Å²) >= 11 is 0. The van der Waals surface area contributed by atoms with Crippen LogP contribution in [-0.2, 0) is 4.79 Å². The Balaban J connectivity index is 0. The average Bonchev–Trinajstić information content (AvgIpc) is 2.31. The molecule has 3 N–H and O–H groups in total. The van der Waals surface area contributed by atoms with Gasteiger partial charge in [0.2, 0.25) is 5.91 Å². The van der Waals surface area contributed by atoms with E-state index in [1.807, 2.05) is 6.92 Å². The molecular weight excluding hydrogens is 262 g/mol. The number of nitrogens with two attached hydrogens (primary N) is 1. The minimum Gasteiger partial charge on any atom is -0.353 e. The molecule has 0 heterocycles. The van der Waals surface area contributed by atoms with E-state index in [0.717, 1.165) is 13.0 Å². The summed E-state index contributed by atoms with van der Waals surface area (Å²) in [4.78, 5) is 14.2. The maximum absolute atomic E-state index is 11.8. The van der Waals surface area contributed by atoms with Crippen LogP contribution in [0.5, 0.6) is 0 Å². The maximum Gasteiger partial charge on any atom is 0.237 e. The van der Waals surface area contributed by atoms with Crippen molar-refractivity contribution < 1.29 is 4.79 Å². The quantitative estimate of drug-likeness (QED) is 0.720. The summed E-state index contributed by atoms with van der Waals surface area (Å²) in [7, 11) is 0. The van der Waals surface area contributed by atoms with Crippen molar-refractivity contribution in [2.75, 3.05) is 13.1 Å². The Morgan fingerprint density at radius 3 is 2.00 bits per heavy atom. The Bertz CT molecular complexity index is 239. The normalized spacial score (nSPS) is 14.4.